The van der Waals surface area contributed by atoms with Crippen LogP contribution in [0.15, 0.2) is 4.47 Å². The average molecular weight is 413 g/mol. The van der Waals surface area contributed by atoms with E-state index in [-0.39, 0.29) is 21.1 Å². The Balaban J connectivity index is 1.78. The quantitative estimate of drug-likeness (QED) is 0.569. The van der Waals surface area contributed by atoms with Gasteiger partial charge in [0.05, 0.1) is 10.0 Å². The smallest absolute Gasteiger partial charge is 0.338 e. The number of hydrogen-bond acceptors (Lipinski definition) is 4. The molecule has 1 aromatic rings. The van der Waals surface area contributed by atoms with Crippen molar-refractivity contribution in [3.8, 4) is 0 Å². The monoisotopic (exact) mass is 412 g/mol. The van der Waals surface area contributed by atoms with Gasteiger partial charge in [0, 0.05) is 32.0 Å². The number of carboxylic acid groups (broad SMARTS) is 1. The van der Waals surface area contributed by atoms with E-state index < -0.39 is 17.7 Å². The number of aromatic nitrogens is 1. The molecule has 0 saturated carbocycles. The largest absolute Gasteiger partial charge is 0.478 e. The zero-order chi connectivity index (χ0) is 18.2. The molecule has 136 valence electrons. The van der Waals surface area contributed by atoms with E-state index in [1.165, 1.54) is 0 Å². The second kappa shape index (κ2) is 6.92. The molecular weight excluding hydrogens is 392 g/mol. The molecular formula is C17H21BrN2O5. The zero-order valence-corrected chi connectivity index (χ0v) is 15.6. The van der Waals surface area contributed by atoms with E-state index in [4.69, 9.17) is 4.74 Å². The van der Waals surface area contributed by atoms with E-state index in [2.05, 4.69) is 28.2 Å². The van der Waals surface area contributed by atoms with Crippen molar-refractivity contribution in [1.29, 1.82) is 0 Å². The summed E-state index contributed by atoms with van der Waals surface area (Å²) in [6.45, 7) is 4.32. The molecule has 2 aliphatic rings. The number of ketones is 1. The maximum absolute atomic E-state index is 12.7. The van der Waals surface area contributed by atoms with Gasteiger partial charge in [0.1, 0.15) is 5.69 Å². The minimum atomic E-state index is -1.09. The maximum Gasteiger partial charge on any atom is 0.338 e. The maximum atomic E-state index is 12.7. The van der Waals surface area contributed by atoms with Crippen molar-refractivity contribution in [3.05, 3.63) is 21.4 Å². The van der Waals surface area contributed by atoms with E-state index >= 15 is 0 Å². The van der Waals surface area contributed by atoms with Crippen LogP contribution in [0.1, 0.15) is 52.7 Å². The Hall–Kier alpha value is -1.67. The Kier molecular flexibility index (Phi) is 5.02. The Morgan fingerprint density at radius 2 is 2.00 bits per heavy atom. The highest BCUT2D eigenvalue weighted by atomic mass is 79.9. The number of carbonyl (C=O) groups excluding carboxylic acids is 2. The number of aromatic carboxylic acids is 1. The molecule has 0 atom stereocenters. The minimum absolute atomic E-state index is 0.0846. The number of amides is 1. The van der Waals surface area contributed by atoms with Crippen LogP contribution in [0, 0.1) is 5.41 Å². The van der Waals surface area contributed by atoms with Crippen LogP contribution in [0.2, 0.25) is 0 Å². The van der Waals surface area contributed by atoms with Gasteiger partial charge < -0.3 is 19.7 Å². The number of fused-ring (bicyclic) bond motifs is 1. The highest BCUT2D eigenvalue weighted by Crippen LogP contribution is 2.34. The third-order valence-corrected chi connectivity index (χ3v) is 5.89. The lowest BCUT2D eigenvalue weighted by atomic mass is 9.82. The molecule has 0 unspecified atom stereocenters. The Bertz CT molecular complexity index is 734. The predicted octanol–water partition coefficient (Wildman–Crippen LogP) is 2.01. The molecule has 1 aromatic heterocycles. The third kappa shape index (κ3) is 3.37. The molecule has 0 aliphatic carbocycles. The number of nitrogens with one attached hydrogen (secondary N) is 1. The molecule has 3 heterocycles. The van der Waals surface area contributed by atoms with Crippen molar-refractivity contribution in [2.45, 2.75) is 39.2 Å². The molecule has 7 nitrogen and oxygen atoms in total. The van der Waals surface area contributed by atoms with Gasteiger partial charge in [-0.1, -0.05) is 6.92 Å². The van der Waals surface area contributed by atoms with Crippen molar-refractivity contribution >= 4 is 33.6 Å². The van der Waals surface area contributed by atoms with Crippen LogP contribution >= 0.6 is 15.9 Å². The number of carbonyl (C=O) groups is 3. The lowest BCUT2D eigenvalue weighted by Crippen LogP contribution is -2.42. The molecule has 3 rings (SSSR count). The van der Waals surface area contributed by atoms with Crippen LogP contribution in [0.4, 0.5) is 0 Å². The van der Waals surface area contributed by atoms with Crippen molar-refractivity contribution in [2.75, 3.05) is 19.8 Å². The van der Waals surface area contributed by atoms with Gasteiger partial charge in [0.2, 0.25) is 0 Å². The summed E-state index contributed by atoms with van der Waals surface area (Å²) in [6, 6.07) is 0. The van der Waals surface area contributed by atoms with Gasteiger partial charge in [-0.3, -0.25) is 9.59 Å². The molecule has 8 heteroatoms. The summed E-state index contributed by atoms with van der Waals surface area (Å²) in [5.74, 6) is -2.48. The lowest BCUT2D eigenvalue weighted by Gasteiger charge is -2.33. The number of ether oxygens (including phenoxy) is 1. The standard InChI is InChI=1S/C17H21BrN2O5/c1-17(4-7-25-8-5-17)9-19-15(22)14(21)13-12(18)11(16(23)24)10-3-2-6-20(10)13/h2-9H2,1H3,(H,19,22)(H,23,24). The number of Topliss-reactive ketones (excluding diaryl/α,β-unsaturated/α-hetero) is 1. The van der Waals surface area contributed by atoms with Crippen molar-refractivity contribution < 1.29 is 24.2 Å². The van der Waals surface area contributed by atoms with Crippen LogP contribution in [0.5, 0.6) is 0 Å². The molecule has 1 amide bonds. The first-order valence-electron chi connectivity index (χ1n) is 8.38. The Morgan fingerprint density at radius 1 is 1.32 bits per heavy atom. The van der Waals surface area contributed by atoms with E-state index in [0.29, 0.717) is 38.4 Å². The van der Waals surface area contributed by atoms with Gasteiger partial charge in [0.15, 0.2) is 0 Å². The first kappa shape index (κ1) is 18.1. The highest BCUT2D eigenvalue weighted by Gasteiger charge is 2.35. The fraction of sp³-hybridized carbons (Fsp3) is 0.588. The van der Waals surface area contributed by atoms with Crippen LogP contribution < -0.4 is 5.32 Å². The highest BCUT2D eigenvalue weighted by molar-refractivity contribution is 9.10. The van der Waals surface area contributed by atoms with E-state index in [0.717, 1.165) is 19.3 Å². The fourth-order valence-corrected chi connectivity index (χ4v) is 4.30. The summed E-state index contributed by atoms with van der Waals surface area (Å²) in [5.41, 5.74) is 0.746. The van der Waals surface area contributed by atoms with Crippen molar-refractivity contribution in [2.24, 2.45) is 5.41 Å². The molecule has 1 fully saturated rings. The number of carboxylic acids is 1. The summed E-state index contributed by atoms with van der Waals surface area (Å²) in [7, 11) is 0. The Morgan fingerprint density at radius 3 is 2.64 bits per heavy atom. The van der Waals surface area contributed by atoms with Gasteiger partial charge in [0.25, 0.3) is 11.7 Å². The van der Waals surface area contributed by atoms with Gasteiger partial charge in [-0.25, -0.2) is 4.79 Å². The van der Waals surface area contributed by atoms with Gasteiger partial charge in [-0.2, -0.15) is 0 Å². The normalized spacial score (nSPS) is 18.6. The second-order valence-electron chi connectivity index (χ2n) is 6.98. The van der Waals surface area contributed by atoms with E-state index in [1.54, 1.807) is 4.57 Å². The van der Waals surface area contributed by atoms with E-state index in [9.17, 15) is 19.5 Å². The first-order valence-corrected chi connectivity index (χ1v) is 9.18. The van der Waals surface area contributed by atoms with Crippen molar-refractivity contribution in [1.82, 2.24) is 9.88 Å². The molecule has 0 bridgehead atoms. The average Bonchev–Trinajstić information content (AvgIpc) is 3.11. The molecule has 1 saturated heterocycles. The van der Waals surface area contributed by atoms with Gasteiger partial charge in [-0.15, -0.1) is 0 Å². The van der Waals surface area contributed by atoms with Crippen molar-refractivity contribution in [3.63, 3.8) is 0 Å². The topological polar surface area (TPSA) is 97.6 Å². The number of nitrogens with zero attached hydrogens (tertiary/aromatic N) is 1. The zero-order valence-electron chi connectivity index (χ0n) is 14.1. The Labute approximate surface area is 153 Å². The molecule has 25 heavy (non-hydrogen) atoms. The summed E-state index contributed by atoms with van der Waals surface area (Å²) in [6.07, 6.45) is 3.01. The molecule has 0 radical (unpaired) electrons. The predicted molar refractivity (Wildman–Crippen MR) is 92.9 cm³/mol. The summed E-state index contributed by atoms with van der Waals surface area (Å²) < 4.78 is 7.19. The lowest BCUT2D eigenvalue weighted by molar-refractivity contribution is -0.117. The number of halogens is 1. The number of rotatable bonds is 5. The summed E-state index contributed by atoms with van der Waals surface area (Å²) >= 11 is 3.22. The number of hydrogen-bond donors (Lipinski definition) is 2. The van der Waals surface area contributed by atoms with Crippen LogP contribution in [-0.4, -0.2) is 47.1 Å². The molecule has 0 spiro atoms. The summed E-state index contributed by atoms with van der Waals surface area (Å²) in [5, 5.41) is 12.1. The van der Waals surface area contributed by atoms with Gasteiger partial charge >= 0.3 is 5.97 Å². The SMILES string of the molecule is CC1(CNC(=O)C(=O)c2c(Br)c(C(=O)O)c3n2CCC3)CCOCC1. The van der Waals surface area contributed by atoms with Crippen LogP contribution in [-0.2, 0) is 22.5 Å². The van der Waals surface area contributed by atoms with Crippen LogP contribution in [0.25, 0.3) is 0 Å². The first-order chi connectivity index (χ1) is 11.8. The molecule has 2 N–H and O–H groups in total. The summed E-state index contributed by atoms with van der Waals surface area (Å²) in [4.78, 5) is 36.5. The minimum Gasteiger partial charge on any atom is -0.478 e. The van der Waals surface area contributed by atoms with Crippen LogP contribution in [0.3, 0.4) is 0 Å². The van der Waals surface area contributed by atoms with E-state index in [1.807, 2.05) is 0 Å². The van der Waals surface area contributed by atoms with Gasteiger partial charge in [-0.05, 0) is 47.0 Å². The fourth-order valence-electron chi connectivity index (χ4n) is 3.51. The molecule has 2 aliphatic heterocycles. The third-order valence-electron chi connectivity index (χ3n) is 5.12. The second-order valence-corrected chi connectivity index (χ2v) is 7.77. The molecule has 0 aromatic carbocycles.